The van der Waals surface area contributed by atoms with Gasteiger partial charge < -0.3 is 9.84 Å². The van der Waals surface area contributed by atoms with Gasteiger partial charge in [-0.15, -0.1) is 0 Å². The van der Waals surface area contributed by atoms with Gasteiger partial charge in [-0.2, -0.15) is 0 Å². The molecule has 2 aromatic carbocycles. The van der Waals surface area contributed by atoms with Crippen LogP contribution >= 0.6 is 0 Å². The molecule has 1 N–H and O–H groups in total. The van der Waals surface area contributed by atoms with E-state index in [0.29, 0.717) is 6.61 Å². The van der Waals surface area contributed by atoms with Crippen molar-refractivity contribution in [2.24, 2.45) is 0 Å². The summed E-state index contributed by atoms with van der Waals surface area (Å²) in [5, 5.41) is 9.62. The summed E-state index contributed by atoms with van der Waals surface area (Å²) in [4.78, 5) is 0. The molecule has 0 radical (unpaired) electrons. The number of benzene rings is 2. The van der Waals surface area contributed by atoms with Crippen molar-refractivity contribution >= 4 is 0 Å². The van der Waals surface area contributed by atoms with E-state index in [2.05, 4.69) is 48.5 Å². The summed E-state index contributed by atoms with van der Waals surface area (Å²) < 4.78 is 5.91. The molecular weight excluding hydrogens is 248 g/mol. The maximum absolute atomic E-state index is 9.62. The molecule has 104 valence electrons. The minimum atomic E-state index is -0.307. The lowest BCUT2D eigenvalue weighted by Gasteiger charge is -2.33. The third-order valence-electron chi connectivity index (χ3n) is 3.98. The fourth-order valence-corrected chi connectivity index (χ4v) is 2.96. The largest absolute Gasteiger partial charge is 0.391 e. The minimum Gasteiger partial charge on any atom is -0.391 e. The van der Waals surface area contributed by atoms with Crippen LogP contribution in [-0.4, -0.2) is 23.9 Å². The van der Waals surface area contributed by atoms with E-state index in [4.69, 9.17) is 4.74 Å². The standard InChI is InChI=1S/C18H20O2/c19-16-11-12-17(20-13-16)18(14-7-3-1-4-8-14)15-9-5-2-6-10-15/h1-10,16-19H,11-13H2/t16-,17-/m1/s1. The molecule has 0 aromatic heterocycles. The van der Waals surface area contributed by atoms with Gasteiger partial charge in [-0.05, 0) is 24.0 Å². The SMILES string of the molecule is O[C@@H]1CC[C@H](C(c2ccccc2)c2ccccc2)OC1. The van der Waals surface area contributed by atoms with Gasteiger partial charge in [-0.25, -0.2) is 0 Å². The molecule has 0 unspecified atom stereocenters. The number of rotatable bonds is 3. The Hall–Kier alpha value is -1.64. The van der Waals surface area contributed by atoms with E-state index >= 15 is 0 Å². The first-order chi connectivity index (χ1) is 9.84. The van der Waals surface area contributed by atoms with Gasteiger partial charge >= 0.3 is 0 Å². The second-order valence-electron chi connectivity index (χ2n) is 5.40. The highest BCUT2D eigenvalue weighted by Gasteiger charge is 2.29. The summed E-state index contributed by atoms with van der Waals surface area (Å²) in [5.74, 6) is 0.241. The fraction of sp³-hybridized carbons (Fsp3) is 0.333. The van der Waals surface area contributed by atoms with Gasteiger partial charge in [0.25, 0.3) is 0 Å². The van der Waals surface area contributed by atoms with Crippen LogP contribution in [-0.2, 0) is 4.74 Å². The van der Waals surface area contributed by atoms with Crippen LogP contribution < -0.4 is 0 Å². The highest BCUT2D eigenvalue weighted by Crippen LogP contribution is 2.34. The summed E-state index contributed by atoms with van der Waals surface area (Å²) >= 11 is 0. The van der Waals surface area contributed by atoms with Crippen molar-refractivity contribution in [1.29, 1.82) is 0 Å². The van der Waals surface area contributed by atoms with Crippen LogP contribution in [0.5, 0.6) is 0 Å². The number of ether oxygens (including phenoxy) is 1. The van der Waals surface area contributed by atoms with Crippen LogP contribution in [0.2, 0.25) is 0 Å². The molecule has 2 nitrogen and oxygen atoms in total. The summed E-state index contributed by atoms with van der Waals surface area (Å²) in [6.07, 6.45) is 1.55. The van der Waals surface area contributed by atoms with Gasteiger partial charge in [0.1, 0.15) is 0 Å². The smallest absolute Gasteiger partial charge is 0.0774 e. The lowest BCUT2D eigenvalue weighted by atomic mass is 9.83. The number of hydrogen-bond donors (Lipinski definition) is 1. The summed E-state index contributed by atoms with van der Waals surface area (Å²) in [6, 6.07) is 21.0. The molecule has 1 fully saturated rings. The van der Waals surface area contributed by atoms with Crippen molar-refractivity contribution in [2.45, 2.75) is 31.0 Å². The van der Waals surface area contributed by atoms with Crippen LogP contribution in [0.25, 0.3) is 0 Å². The first-order valence-corrected chi connectivity index (χ1v) is 7.24. The zero-order valence-corrected chi connectivity index (χ0v) is 11.5. The maximum atomic E-state index is 9.62. The molecule has 2 heteroatoms. The zero-order chi connectivity index (χ0) is 13.8. The van der Waals surface area contributed by atoms with E-state index in [0.717, 1.165) is 12.8 Å². The van der Waals surface area contributed by atoms with Crippen LogP contribution in [0.4, 0.5) is 0 Å². The lowest BCUT2D eigenvalue weighted by molar-refractivity contribution is -0.0610. The molecule has 1 aliphatic heterocycles. The van der Waals surface area contributed by atoms with Crippen LogP contribution in [0, 0.1) is 0 Å². The second-order valence-corrected chi connectivity index (χ2v) is 5.40. The van der Waals surface area contributed by atoms with Crippen molar-refractivity contribution < 1.29 is 9.84 Å². The molecule has 1 saturated heterocycles. The quantitative estimate of drug-likeness (QED) is 0.925. The molecule has 2 aromatic rings. The maximum Gasteiger partial charge on any atom is 0.0774 e. The monoisotopic (exact) mass is 268 g/mol. The summed E-state index contributed by atoms with van der Waals surface area (Å²) in [7, 11) is 0. The molecule has 0 spiro atoms. The molecular formula is C18H20O2. The number of aliphatic hydroxyl groups excluding tert-OH is 1. The van der Waals surface area contributed by atoms with Crippen LogP contribution in [0.3, 0.4) is 0 Å². The highest BCUT2D eigenvalue weighted by molar-refractivity contribution is 5.33. The number of aliphatic hydroxyl groups is 1. The second kappa shape index (κ2) is 6.21. The van der Waals surface area contributed by atoms with Gasteiger partial charge in [0.2, 0.25) is 0 Å². The molecule has 3 rings (SSSR count). The molecule has 2 atom stereocenters. The van der Waals surface area contributed by atoms with Crippen molar-refractivity contribution in [3.63, 3.8) is 0 Å². The van der Waals surface area contributed by atoms with E-state index in [-0.39, 0.29) is 18.1 Å². The Kier molecular flexibility index (Phi) is 4.14. The average molecular weight is 268 g/mol. The van der Waals surface area contributed by atoms with Crippen molar-refractivity contribution in [1.82, 2.24) is 0 Å². The Labute approximate surface area is 120 Å². The zero-order valence-electron chi connectivity index (χ0n) is 11.5. The van der Waals surface area contributed by atoms with Crippen molar-refractivity contribution in [2.75, 3.05) is 6.61 Å². The van der Waals surface area contributed by atoms with Crippen molar-refractivity contribution in [3.8, 4) is 0 Å². The molecule has 1 aliphatic rings. The van der Waals surface area contributed by atoms with Gasteiger partial charge in [0, 0.05) is 5.92 Å². The van der Waals surface area contributed by atoms with Gasteiger partial charge in [-0.3, -0.25) is 0 Å². The van der Waals surface area contributed by atoms with E-state index in [1.165, 1.54) is 11.1 Å². The van der Waals surface area contributed by atoms with Crippen LogP contribution in [0.1, 0.15) is 29.9 Å². The third kappa shape index (κ3) is 2.92. The molecule has 0 aliphatic carbocycles. The van der Waals surface area contributed by atoms with Gasteiger partial charge in [0.05, 0.1) is 18.8 Å². The van der Waals surface area contributed by atoms with Gasteiger partial charge in [-0.1, -0.05) is 60.7 Å². The third-order valence-corrected chi connectivity index (χ3v) is 3.98. The summed E-state index contributed by atoms with van der Waals surface area (Å²) in [6.45, 7) is 0.445. The Morgan fingerprint density at radius 1 is 0.850 bits per heavy atom. The van der Waals surface area contributed by atoms with E-state index in [1.807, 2.05) is 12.1 Å². The van der Waals surface area contributed by atoms with Crippen LogP contribution in [0.15, 0.2) is 60.7 Å². The molecule has 0 amide bonds. The van der Waals surface area contributed by atoms with Crippen molar-refractivity contribution in [3.05, 3.63) is 71.8 Å². The number of hydrogen-bond acceptors (Lipinski definition) is 2. The average Bonchev–Trinajstić information content (AvgIpc) is 2.52. The predicted octanol–water partition coefficient (Wildman–Crippen LogP) is 3.36. The Morgan fingerprint density at radius 2 is 1.40 bits per heavy atom. The first-order valence-electron chi connectivity index (χ1n) is 7.24. The molecule has 0 bridgehead atoms. The lowest BCUT2D eigenvalue weighted by Crippen LogP contribution is -2.33. The van der Waals surface area contributed by atoms with E-state index in [1.54, 1.807) is 0 Å². The molecule has 20 heavy (non-hydrogen) atoms. The Morgan fingerprint density at radius 3 is 1.85 bits per heavy atom. The van der Waals surface area contributed by atoms with Gasteiger partial charge in [0.15, 0.2) is 0 Å². The first kappa shape index (κ1) is 13.3. The Bertz CT molecular complexity index is 476. The van der Waals surface area contributed by atoms with E-state index < -0.39 is 0 Å². The topological polar surface area (TPSA) is 29.5 Å². The normalized spacial score (nSPS) is 22.9. The Balaban J connectivity index is 1.92. The minimum absolute atomic E-state index is 0.142. The predicted molar refractivity (Wildman–Crippen MR) is 79.7 cm³/mol. The molecule has 0 saturated carbocycles. The fourth-order valence-electron chi connectivity index (χ4n) is 2.96. The molecule has 1 heterocycles. The summed E-state index contributed by atoms with van der Waals surface area (Å²) in [5.41, 5.74) is 2.56. The highest BCUT2D eigenvalue weighted by atomic mass is 16.5. The van der Waals surface area contributed by atoms with E-state index in [9.17, 15) is 5.11 Å².